The number of rotatable bonds is 14. The molecule has 0 aromatic heterocycles. The van der Waals surface area contributed by atoms with Crippen LogP contribution in [0.15, 0.2) is 0 Å². The first-order chi connectivity index (χ1) is 9.22. The van der Waals surface area contributed by atoms with Gasteiger partial charge >= 0.3 is 0 Å². The molecule has 0 amide bonds. The van der Waals surface area contributed by atoms with E-state index in [1.54, 1.807) is 0 Å². The van der Waals surface area contributed by atoms with E-state index in [9.17, 15) is 0 Å². The summed E-state index contributed by atoms with van der Waals surface area (Å²) in [6.45, 7) is 0.129. The highest BCUT2D eigenvalue weighted by Crippen LogP contribution is 2.17. The summed E-state index contributed by atoms with van der Waals surface area (Å²) in [5.41, 5.74) is 0. The van der Waals surface area contributed by atoms with E-state index in [2.05, 4.69) is 37.9 Å². The highest BCUT2D eigenvalue weighted by atomic mass is 32.1. The zero-order valence-corrected chi connectivity index (χ0v) is 14.8. The fourth-order valence-electron chi connectivity index (χ4n) is 2.19. The van der Waals surface area contributed by atoms with Crippen LogP contribution in [0.3, 0.4) is 0 Å². The Labute approximate surface area is 136 Å². The van der Waals surface area contributed by atoms with Gasteiger partial charge in [0.15, 0.2) is 0 Å². The zero-order chi connectivity index (χ0) is 14.3. The van der Waals surface area contributed by atoms with Gasteiger partial charge in [-0.2, -0.15) is 37.9 Å². The minimum Gasteiger partial charge on any atom is -0.395 e. The van der Waals surface area contributed by atoms with Gasteiger partial charge in [0.25, 0.3) is 0 Å². The Hall–Kier alpha value is 1.01. The summed E-state index contributed by atoms with van der Waals surface area (Å²) in [4.78, 5) is 0. The van der Waals surface area contributed by atoms with Crippen LogP contribution in [0.2, 0.25) is 0 Å². The quantitative estimate of drug-likeness (QED) is 0.267. The van der Waals surface area contributed by atoms with Crippen LogP contribution in [0, 0.1) is 0 Å². The maximum absolute atomic E-state index is 8.95. The molecule has 0 aliphatic heterocycles. The van der Waals surface area contributed by atoms with Crippen molar-refractivity contribution in [2.45, 2.75) is 81.1 Å². The monoisotopic (exact) mass is 324 g/mol. The van der Waals surface area contributed by atoms with Crippen molar-refractivity contribution in [2.75, 3.05) is 12.4 Å². The third-order valence-electron chi connectivity index (χ3n) is 3.54. The standard InChI is InChI=1S/C15H32OS3/c16-13-15(19)14(18)11-9-7-5-3-1-2-4-6-8-10-12-17/h14-19H,1-13H2. The Morgan fingerprint density at radius 1 is 0.632 bits per heavy atom. The van der Waals surface area contributed by atoms with Crippen LogP contribution in [-0.2, 0) is 0 Å². The molecular formula is C15H32OS3. The molecular weight excluding hydrogens is 292 g/mol. The molecule has 2 unspecified atom stereocenters. The van der Waals surface area contributed by atoms with Crippen molar-refractivity contribution >= 4 is 37.9 Å². The fraction of sp³-hybridized carbons (Fsp3) is 1.00. The lowest BCUT2D eigenvalue weighted by Gasteiger charge is -2.15. The van der Waals surface area contributed by atoms with Gasteiger partial charge in [-0.15, -0.1) is 0 Å². The first kappa shape index (κ1) is 20.0. The topological polar surface area (TPSA) is 20.2 Å². The maximum atomic E-state index is 8.95. The predicted octanol–water partition coefficient (Wildman–Crippen LogP) is 4.80. The first-order valence-corrected chi connectivity index (χ1v) is 9.46. The van der Waals surface area contributed by atoms with Crippen LogP contribution < -0.4 is 0 Å². The summed E-state index contributed by atoms with van der Waals surface area (Å²) < 4.78 is 0. The fourth-order valence-corrected chi connectivity index (χ4v) is 2.84. The molecule has 0 aromatic carbocycles. The molecule has 1 nitrogen and oxygen atoms in total. The number of hydrogen-bond donors (Lipinski definition) is 4. The van der Waals surface area contributed by atoms with E-state index in [1.165, 1.54) is 64.2 Å². The maximum Gasteiger partial charge on any atom is 0.0558 e. The van der Waals surface area contributed by atoms with Gasteiger partial charge in [-0.1, -0.05) is 57.8 Å². The average molecular weight is 325 g/mol. The minimum atomic E-state index is 0.0283. The molecule has 0 spiro atoms. The summed E-state index contributed by atoms with van der Waals surface area (Å²) in [7, 11) is 0. The first-order valence-electron chi connectivity index (χ1n) is 7.80. The highest BCUT2D eigenvalue weighted by molar-refractivity contribution is 7.85. The van der Waals surface area contributed by atoms with Crippen LogP contribution >= 0.6 is 37.9 Å². The lowest BCUT2D eigenvalue weighted by Crippen LogP contribution is -2.19. The summed E-state index contributed by atoms with van der Waals surface area (Å²) in [5, 5.41) is 9.22. The summed E-state index contributed by atoms with van der Waals surface area (Å²) in [5.74, 6) is 1.04. The van der Waals surface area contributed by atoms with Crippen molar-refractivity contribution < 1.29 is 5.11 Å². The number of thiol groups is 3. The van der Waals surface area contributed by atoms with Gasteiger partial charge < -0.3 is 5.11 Å². The lowest BCUT2D eigenvalue weighted by molar-refractivity contribution is 0.291. The van der Waals surface area contributed by atoms with E-state index in [0.717, 1.165) is 12.2 Å². The van der Waals surface area contributed by atoms with Crippen LogP contribution in [0.25, 0.3) is 0 Å². The molecule has 0 aromatic rings. The summed E-state index contributed by atoms with van der Waals surface area (Å²) in [6.07, 6.45) is 14.5. The van der Waals surface area contributed by atoms with Gasteiger partial charge in [0.1, 0.15) is 0 Å². The Balaban J connectivity index is 3.10. The van der Waals surface area contributed by atoms with Crippen LogP contribution in [0.5, 0.6) is 0 Å². The molecule has 0 aliphatic carbocycles. The SMILES string of the molecule is OCC(S)C(S)CCCCCCCCCCCCS. The van der Waals surface area contributed by atoms with Crippen molar-refractivity contribution in [3.8, 4) is 0 Å². The molecule has 116 valence electrons. The zero-order valence-electron chi connectivity index (χ0n) is 12.1. The van der Waals surface area contributed by atoms with Crippen molar-refractivity contribution in [2.24, 2.45) is 0 Å². The number of hydrogen-bond acceptors (Lipinski definition) is 4. The molecule has 0 saturated carbocycles. The number of unbranched alkanes of at least 4 members (excludes halogenated alkanes) is 9. The largest absolute Gasteiger partial charge is 0.395 e. The molecule has 2 atom stereocenters. The van der Waals surface area contributed by atoms with Gasteiger partial charge in [-0.05, 0) is 18.6 Å². The Morgan fingerprint density at radius 2 is 1.05 bits per heavy atom. The van der Waals surface area contributed by atoms with E-state index >= 15 is 0 Å². The van der Waals surface area contributed by atoms with Gasteiger partial charge in [0.05, 0.1) is 6.61 Å². The molecule has 0 heterocycles. The van der Waals surface area contributed by atoms with E-state index < -0.39 is 0 Å². The van der Waals surface area contributed by atoms with Crippen molar-refractivity contribution in [3.05, 3.63) is 0 Å². The number of aliphatic hydroxyl groups excluding tert-OH is 1. The van der Waals surface area contributed by atoms with Gasteiger partial charge in [-0.3, -0.25) is 0 Å². The predicted molar refractivity (Wildman–Crippen MR) is 97.3 cm³/mol. The van der Waals surface area contributed by atoms with Crippen molar-refractivity contribution in [1.29, 1.82) is 0 Å². The summed E-state index contributed by atoms with van der Waals surface area (Å²) >= 11 is 13.0. The van der Waals surface area contributed by atoms with Crippen LogP contribution in [0.1, 0.15) is 70.6 Å². The van der Waals surface area contributed by atoms with E-state index in [0.29, 0.717) is 0 Å². The Morgan fingerprint density at radius 3 is 1.47 bits per heavy atom. The molecule has 0 aliphatic rings. The third kappa shape index (κ3) is 13.7. The second kappa shape index (κ2) is 15.4. The molecule has 0 fully saturated rings. The minimum absolute atomic E-state index is 0.0283. The highest BCUT2D eigenvalue weighted by Gasteiger charge is 2.11. The number of aliphatic hydroxyl groups is 1. The molecule has 0 rings (SSSR count). The third-order valence-corrected chi connectivity index (χ3v) is 5.23. The Kier molecular flexibility index (Phi) is 16.2. The summed E-state index contributed by atoms with van der Waals surface area (Å²) in [6, 6.07) is 0. The smallest absolute Gasteiger partial charge is 0.0558 e. The molecule has 0 radical (unpaired) electrons. The molecule has 0 saturated heterocycles. The Bertz CT molecular complexity index is 179. The lowest BCUT2D eigenvalue weighted by atomic mass is 10.0. The van der Waals surface area contributed by atoms with Gasteiger partial charge in [0, 0.05) is 10.5 Å². The van der Waals surface area contributed by atoms with E-state index in [1.807, 2.05) is 0 Å². The molecule has 4 heteroatoms. The van der Waals surface area contributed by atoms with Crippen molar-refractivity contribution in [1.82, 2.24) is 0 Å². The van der Waals surface area contributed by atoms with Crippen molar-refractivity contribution in [3.63, 3.8) is 0 Å². The normalized spacial score (nSPS) is 14.5. The molecule has 1 N–H and O–H groups in total. The second-order valence-corrected chi connectivity index (χ2v) is 7.14. The molecule has 0 bridgehead atoms. The van der Waals surface area contributed by atoms with Crippen LogP contribution in [-0.4, -0.2) is 28.0 Å². The van der Waals surface area contributed by atoms with Gasteiger partial charge in [-0.25, -0.2) is 0 Å². The van der Waals surface area contributed by atoms with Gasteiger partial charge in [0.2, 0.25) is 0 Å². The average Bonchev–Trinajstić information content (AvgIpc) is 2.43. The molecule has 19 heavy (non-hydrogen) atoms. The van der Waals surface area contributed by atoms with E-state index in [-0.39, 0.29) is 17.1 Å². The second-order valence-electron chi connectivity index (χ2n) is 5.37. The van der Waals surface area contributed by atoms with E-state index in [4.69, 9.17) is 5.11 Å². The van der Waals surface area contributed by atoms with Crippen LogP contribution in [0.4, 0.5) is 0 Å².